The first-order valence-corrected chi connectivity index (χ1v) is 8.79. The molecule has 2 aromatic carbocycles. The number of esters is 2. The second kappa shape index (κ2) is 8.58. The van der Waals surface area contributed by atoms with Crippen molar-refractivity contribution < 1.29 is 37.0 Å². The van der Waals surface area contributed by atoms with Crippen molar-refractivity contribution in [1.82, 2.24) is 0 Å². The molecule has 1 heterocycles. The second-order valence-electron chi connectivity index (χ2n) is 6.34. The van der Waals surface area contributed by atoms with E-state index in [1.54, 1.807) is 30.3 Å². The van der Waals surface area contributed by atoms with E-state index in [0.29, 0.717) is 16.8 Å². The Balaban J connectivity index is 1.97. The van der Waals surface area contributed by atoms with Gasteiger partial charge in [0.15, 0.2) is 0 Å². The van der Waals surface area contributed by atoms with Gasteiger partial charge in [-0.3, -0.25) is 0 Å². The van der Waals surface area contributed by atoms with Crippen molar-refractivity contribution >= 4 is 17.6 Å². The van der Waals surface area contributed by atoms with Crippen LogP contribution in [0.15, 0.2) is 59.8 Å². The molecule has 1 aliphatic heterocycles. The maximum absolute atomic E-state index is 13.0. The number of benzene rings is 2. The molecule has 0 bridgehead atoms. The third-order valence-corrected chi connectivity index (χ3v) is 4.54. The van der Waals surface area contributed by atoms with Gasteiger partial charge in [0.25, 0.3) is 0 Å². The fraction of sp³-hybridized carbons (Fsp3) is 0.238. The lowest BCUT2D eigenvalue weighted by Crippen LogP contribution is -2.38. The summed E-state index contributed by atoms with van der Waals surface area (Å²) in [5, 5.41) is 0. The van der Waals surface area contributed by atoms with Crippen molar-refractivity contribution in [3.8, 4) is 11.1 Å². The number of hydrogen-bond donors (Lipinski definition) is 0. The minimum Gasteiger partial charge on any atom is -0.466 e. The van der Waals surface area contributed by atoms with E-state index >= 15 is 0 Å². The number of halogens is 3. The van der Waals surface area contributed by atoms with Gasteiger partial charge in [0, 0.05) is 5.69 Å². The molecule has 158 valence electrons. The summed E-state index contributed by atoms with van der Waals surface area (Å²) in [6.07, 6.45) is -4.44. The maximum atomic E-state index is 13.0. The highest BCUT2D eigenvalue weighted by molar-refractivity contribution is 6.03. The van der Waals surface area contributed by atoms with Crippen LogP contribution in [0.2, 0.25) is 0 Å². The molecule has 3 rings (SSSR count). The van der Waals surface area contributed by atoms with E-state index < -0.39 is 23.7 Å². The summed E-state index contributed by atoms with van der Waals surface area (Å²) in [7, 11) is 2.38. The van der Waals surface area contributed by atoms with Crippen molar-refractivity contribution in [1.29, 1.82) is 0 Å². The van der Waals surface area contributed by atoms with Crippen molar-refractivity contribution in [2.45, 2.75) is 6.18 Å². The molecule has 0 aromatic heterocycles. The van der Waals surface area contributed by atoms with Gasteiger partial charge in [-0.1, -0.05) is 24.3 Å². The van der Waals surface area contributed by atoms with Gasteiger partial charge >= 0.3 is 18.1 Å². The summed E-state index contributed by atoms with van der Waals surface area (Å²) >= 11 is 0. The summed E-state index contributed by atoms with van der Waals surface area (Å²) in [6, 6.07) is 11.4. The van der Waals surface area contributed by atoms with E-state index in [-0.39, 0.29) is 24.6 Å². The molecule has 0 spiro atoms. The zero-order chi connectivity index (χ0) is 21.9. The molecule has 9 heteroatoms. The molecule has 0 aliphatic carbocycles. The third-order valence-electron chi connectivity index (χ3n) is 4.54. The van der Waals surface area contributed by atoms with Crippen molar-refractivity contribution in [3.05, 3.63) is 65.4 Å². The summed E-state index contributed by atoms with van der Waals surface area (Å²) < 4.78 is 53.8. The number of methoxy groups -OCH3 is 2. The lowest BCUT2D eigenvalue weighted by atomic mass is 10.0. The Kier molecular flexibility index (Phi) is 6.12. The number of rotatable bonds is 4. The summed E-state index contributed by atoms with van der Waals surface area (Å²) in [6.45, 7) is -0.135. The van der Waals surface area contributed by atoms with E-state index in [0.717, 1.165) is 12.1 Å². The topological polar surface area (TPSA) is 65.1 Å². The minimum absolute atomic E-state index is 0.0116. The molecule has 0 saturated carbocycles. The van der Waals surface area contributed by atoms with E-state index in [1.165, 1.54) is 25.2 Å². The van der Waals surface area contributed by atoms with Crippen LogP contribution in [0.3, 0.4) is 0 Å². The number of nitrogens with zero attached hydrogens (tertiary/aromatic N) is 1. The molecule has 1 aliphatic rings. The smallest absolute Gasteiger partial charge is 0.416 e. The zero-order valence-electron chi connectivity index (χ0n) is 16.2. The maximum Gasteiger partial charge on any atom is 0.416 e. The highest BCUT2D eigenvalue weighted by Gasteiger charge is 2.33. The molecule has 0 fully saturated rings. The van der Waals surface area contributed by atoms with Crippen molar-refractivity contribution in [3.63, 3.8) is 0 Å². The van der Waals surface area contributed by atoms with Crippen molar-refractivity contribution in [2.24, 2.45) is 0 Å². The fourth-order valence-electron chi connectivity index (χ4n) is 3.06. The molecule has 2 aromatic rings. The standard InChI is InChI=1S/C21H18F3NO5/c1-28-19(26)17-11-30-12-25(18(17)20(27)29-2)16-8-6-13(7-9-16)14-4-3-5-15(10-14)21(22,23)24/h3-10H,11-12H2,1-2H3. The average Bonchev–Trinajstić information content (AvgIpc) is 2.77. The lowest BCUT2D eigenvalue weighted by molar-refractivity contribution is -0.140. The van der Waals surface area contributed by atoms with Gasteiger partial charge in [0.1, 0.15) is 12.4 Å². The lowest BCUT2D eigenvalue weighted by Gasteiger charge is -2.31. The van der Waals surface area contributed by atoms with E-state index in [4.69, 9.17) is 14.2 Å². The Hall–Kier alpha value is -3.33. The highest BCUT2D eigenvalue weighted by atomic mass is 19.4. The number of ether oxygens (including phenoxy) is 3. The predicted molar refractivity (Wildman–Crippen MR) is 101 cm³/mol. The molecule has 0 unspecified atom stereocenters. The molecule has 0 atom stereocenters. The van der Waals surface area contributed by atoms with Crippen LogP contribution in [-0.4, -0.2) is 39.5 Å². The van der Waals surface area contributed by atoms with Gasteiger partial charge < -0.3 is 19.1 Å². The number of alkyl halides is 3. The number of hydrogen-bond acceptors (Lipinski definition) is 6. The molecule has 30 heavy (non-hydrogen) atoms. The summed E-state index contributed by atoms with van der Waals surface area (Å²) in [4.78, 5) is 25.8. The fourth-order valence-corrected chi connectivity index (χ4v) is 3.06. The zero-order valence-corrected chi connectivity index (χ0v) is 16.2. The molecule has 0 amide bonds. The van der Waals surface area contributed by atoms with Crippen LogP contribution in [0.4, 0.5) is 18.9 Å². The first-order chi connectivity index (χ1) is 14.3. The van der Waals surface area contributed by atoms with E-state index in [1.807, 2.05) is 0 Å². The van der Waals surface area contributed by atoms with Gasteiger partial charge in [-0.25, -0.2) is 9.59 Å². The Morgan fingerprint density at radius 1 is 0.967 bits per heavy atom. The number of anilines is 1. The largest absolute Gasteiger partial charge is 0.466 e. The molecular weight excluding hydrogens is 403 g/mol. The van der Waals surface area contributed by atoms with Crippen molar-refractivity contribution in [2.75, 3.05) is 32.5 Å². The minimum atomic E-state index is -4.44. The number of carbonyl (C=O) groups is 2. The van der Waals surface area contributed by atoms with Crippen LogP contribution < -0.4 is 4.90 Å². The first-order valence-electron chi connectivity index (χ1n) is 8.79. The predicted octanol–water partition coefficient (Wildman–Crippen LogP) is 3.77. The van der Waals surface area contributed by atoms with Crippen LogP contribution in [0.25, 0.3) is 11.1 Å². The van der Waals surface area contributed by atoms with Crippen LogP contribution in [-0.2, 0) is 30.0 Å². The Bertz CT molecular complexity index is 983. The van der Waals surface area contributed by atoms with Gasteiger partial charge in [0.05, 0.1) is 32.0 Å². The Morgan fingerprint density at radius 3 is 2.23 bits per heavy atom. The van der Waals surface area contributed by atoms with Gasteiger partial charge in [-0.2, -0.15) is 13.2 Å². The average molecular weight is 421 g/mol. The van der Waals surface area contributed by atoms with E-state index in [9.17, 15) is 22.8 Å². The summed E-state index contributed by atoms with van der Waals surface area (Å²) in [5.41, 5.74) is 0.698. The second-order valence-corrected chi connectivity index (χ2v) is 6.34. The molecular formula is C21H18F3NO5. The summed E-state index contributed by atoms with van der Waals surface area (Å²) in [5.74, 6) is -1.46. The SMILES string of the molecule is COC(=O)C1=C(C(=O)OC)N(c2ccc(-c3cccc(C(F)(F)F)c3)cc2)COC1. The normalized spacial score (nSPS) is 14.5. The van der Waals surface area contributed by atoms with Crippen LogP contribution in [0.1, 0.15) is 5.56 Å². The quantitative estimate of drug-likeness (QED) is 0.701. The first kappa shape index (κ1) is 21.4. The van der Waals surface area contributed by atoms with Gasteiger partial charge in [-0.05, 0) is 35.4 Å². The van der Waals surface area contributed by atoms with Crippen LogP contribution >= 0.6 is 0 Å². The molecule has 6 nitrogen and oxygen atoms in total. The Morgan fingerprint density at radius 2 is 1.63 bits per heavy atom. The number of carbonyl (C=O) groups excluding carboxylic acids is 2. The van der Waals surface area contributed by atoms with Gasteiger partial charge in [-0.15, -0.1) is 0 Å². The van der Waals surface area contributed by atoms with Crippen LogP contribution in [0, 0.1) is 0 Å². The molecule has 0 N–H and O–H groups in total. The van der Waals surface area contributed by atoms with Crippen LogP contribution in [0.5, 0.6) is 0 Å². The highest BCUT2D eigenvalue weighted by Crippen LogP contribution is 2.33. The molecule has 0 saturated heterocycles. The third kappa shape index (κ3) is 4.30. The van der Waals surface area contributed by atoms with Gasteiger partial charge in [0.2, 0.25) is 0 Å². The molecule has 0 radical (unpaired) electrons. The Labute approximate surface area is 170 Å². The monoisotopic (exact) mass is 421 g/mol. The van der Waals surface area contributed by atoms with E-state index in [2.05, 4.69) is 0 Å².